The summed E-state index contributed by atoms with van der Waals surface area (Å²) >= 11 is 3.37. The molecule has 84 valence electrons. The highest BCUT2D eigenvalue weighted by Gasteiger charge is 2.14. The van der Waals surface area contributed by atoms with Crippen molar-refractivity contribution in [3.63, 3.8) is 0 Å². The summed E-state index contributed by atoms with van der Waals surface area (Å²) in [5, 5.41) is 0. The van der Waals surface area contributed by atoms with Gasteiger partial charge in [0.1, 0.15) is 0 Å². The molecule has 16 heavy (non-hydrogen) atoms. The van der Waals surface area contributed by atoms with Crippen LogP contribution in [0.5, 0.6) is 0 Å². The van der Waals surface area contributed by atoms with Crippen molar-refractivity contribution in [2.24, 2.45) is 0 Å². The van der Waals surface area contributed by atoms with Crippen molar-refractivity contribution in [2.75, 3.05) is 6.26 Å². The number of hydrogen-bond donors (Lipinski definition) is 0. The van der Waals surface area contributed by atoms with Gasteiger partial charge in [-0.15, -0.1) is 0 Å². The van der Waals surface area contributed by atoms with Crippen molar-refractivity contribution in [2.45, 2.75) is 0 Å². The van der Waals surface area contributed by atoms with Gasteiger partial charge in [-0.1, -0.05) is 34.1 Å². The maximum atomic E-state index is 11.5. The van der Waals surface area contributed by atoms with Gasteiger partial charge in [0.05, 0.1) is 6.26 Å². The molecule has 0 aliphatic rings. The summed E-state index contributed by atoms with van der Waals surface area (Å²) in [6, 6.07) is 7.35. The predicted octanol–water partition coefficient (Wildman–Crippen LogP) is 2.12. The summed E-state index contributed by atoms with van der Waals surface area (Å²) in [5.41, 5.74) is 0.748. The van der Waals surface area contributed by atoms with Crippen molar-refractivity contribution in [3.05, 3.63) is 41.1 Å². The van der Waals surface area contributed by atoms with Gasteiger partial charge in [-0.25, -0.2) is 17.4 Å². The number of halogens is 1. The Hall–Kier alpha value is -1.14. The van der Waals surface area contributed by atoms with E-state index in [2.05, 4.69) is 20.9 Å². The van der Waals surface area contributed by atoms with Gasteiger partial charge >= 0.3 is 0 Å². The monoisotopic (exact) mass is 300 g/mol. The Bertz CT molecular complexity index is 619. The largest absolute Gasteiger partial charge is 0.237 e. The van der Waals surface area contributed by atoms with Crippen LogP contribution in [0.4, 0.5) is 0 Å². The molecule has 0 spiro atoms. The third-order valence-corrected chi connectivity index (χ3v) is 3.78. The van der Waals surface area contributed by atoms with Crippen LogP contribution in [0.1, 0.15) is 0 Å². The molecule has 1 aromatic carbocycles. The molecule has 0 bridgehead atoms. The first kappa shape index (κ1) is 11.3. The number of rotatable bonds is 2. The molecular formula is C10H9BrN2O2S. The van der Waals surface area contributed by atoms with Crippen LogP contribution in [-0.2, 0) is 10.0 Å². The summed E-state index contributed by atoms with van der Waals surface area (Å²) in [4.78, 5) is 4.07. The SMILES string of the molecule is CS(=O)(=O)n1ccnc1-c1ccccc1Br. The molecule has 0 aliphatic heterocycles. The summed E-state index contributed by atoms with van der Waals surface area (Å²) < 4.78 is 25.0. The standard InChI is InChI=1S/C10H9BrN2O2S/c1-16(14,15)13-7-6-12-10(13)8-4-2-3-5-9(8)11/h2-7H,1H3. The molecule has 0 aliphatic carbocycles. The van der Waals surface area contributed by atoms with E-state index < -0.39 is 10.0 Å². The van der Waals surface area contributed by atoms with Crippen molar-refractivity contribution >= 4 is 26.0 Å². The quantitative estimate of drug-likeness (QED) is 0.854. The molecule has 0 fully saturated rings. The van der Waals surface area contributed by atoms with Gasteiger partial charge in [0.2, 0.25) is 10.0 Å². The molecule has 2 rings (SSSR count). The zero-order valence-electron chi connectivity index (χ0n) is 8.46. The minimum Gasteiger partial charge on any atom is -0.236 e. The average molecular weight is 301 g/mol. The van der Waals surface area contributed by atoms with Crippen molar-refractivity contribution in [1.82, 2.24) is 8.96 Å². The smallest absolute Gasteiger partial charge is 0.236 e. The summed E-state index contributed by atoms with van der Waals surface area (Å²) in [5.74, 6) is 0.412. The van der Waals surface area contributed by atoms with Crippen LogP contribution >= 0.6 is 15.9 Å². The van der Waals surface area contributed by atoms with Crippen molar-refractivity contribution < 1.29 is 8.42 Å². The lowest BCUT2D eigenvalue weighted by Gasteiger charge is -2.06. The fraction of sp³-hybridized carbons (Fsp3) is 0.100. The second-order valence-electron chi connectivity index (χ2n) is 3.29. The molecule has 2 aromatic rings. The zero-order valence-corrected chi connectivity index (χ0v) is 10.9. The third kappa shape index (κ3) is 2.03. The Morgan fingerprint density at radius 2 is 2.00 bits per heavy atom. The first-order chi connectivity index (χ1) is 7.50. The molecule has 0 radical (unpaired) electrons. The Morgan fingerprint density at radius 3 is 2.62 bits per heavy atom. The van der Waals surface area contributed by atoms with Crippen LogP contribution in [0.2, 0.25) is 0 Å². The highest BCUT2D eigenvalue weighted by atomic mass is 79.9. The minimum absolute atomic E-state index is 0.412. The first-order valence-electron chi connectivity index (χ1n) is 4.49. The lowest BCUT2D eigenvalue weighted by molar-refractivity contribution is 0.594. The number of nitrogens with zero attached hydrogens (tertiary/aromatic N) is 2. The van der Waals surface area contributed by atoms with Crippen LogP contribution < -0.4 is 0 Å². The van der Waals surface area contributed by atoms with Crippen LogP contribution in [0.25, 0.3) is 11.4 Å². The van der Waals surface area contributed by atoms with E-state index in [1.165, 1.54) is 12.4 Å². The van der Waals surface area contributed by atoms with E-state index in [4.69, 9.17) is 0 Å². The Balaban J connectivity index is 2.68. The van der Waals surface area contributed by atoms with Crippen molar-refractivity contribution in [1.29, 1.82) is 0 Å². The van der Waals surface area contributed by atoms with Gasteiger partial charge in [0.15, 0.2) is 5.82 Å². The van der Waals surface area contributed by atoms with Gasteiger partial charge in [-0.3, -0.25) is 0 Å². The number of benzene rings is 1. The van der Waals surface area contributed by atoms with E-state index >= 15 is 0 Å². The van der Waals surface area contributed by atoms with Gasteiger partial charge < -0.3 is 0 Å². The molecule has 0 saturated heterocycles. The lowest BCUT2D eigenvalue weighted by atomic mass is 10.2. The summed E-state index contributed by atoms with van der Waals surface area (Å²) in [7, 11) is -3.32. The second-order valence-corrected chi connectivity index (χ2v) is 6.00. The summed E-state index contributed by atoms with van der Waals surface area (Å²) in [6.45, 7) is 0. The van der Waals surface area contributed by atoms with Crippen LogP contribution in [0, 0.1) is 0 Å². The fourth-order valence-corrected chi connectivity index (χ4v) is 2.59. The highest BCUT2D eigenvalue weighted by molar-refractivity contribution is 9.10. The third-order valence-electron chi connectivity index (χ3n) is 2.08. The Labute approximate surface area is 102 Å². The topological polar surface area (TPSA) is 52.0 Å². The fourth-order valence-electron chi connectivity index (χ4n) is 1.39. The molecule has 0 saturated carbocycles. The van der Waals surface area contributed by atoms with E-state index in [0.717, 1.165) is 20.3 Å². The zero-order chi connectivity index (χ0) is 11.8. The predicted molar refractivity (Wildman–Crippen MR) is 65.6 cm³/mol. The maximum absolute atomic E-state index is 11.5. The van der Waals surface area contributed by atoms with E-state index in [-0.39, 0.29) is 0 Å². The van der Waals surface area contributed by atoms with Crippen LogP contribution in [0.15, 0.2) is 41.1 Å². The molecule has 0 atom stereocenters. The maximum Gasteiger partial charge on any atom is 0.237 e. The average Bonchev–Trinajstić information content (AvgIpc) is 2.66. The molecule has 0 amide bonds. The number of aromatic nitrogens is 2. The highest BCUT2D eigenvalue weighted by Crippen LogP contribution is 2.27. The molecule has 1 aromatic heterocycles. The molecule has 0 N–H and O–H groups in total. The minimum atomic E-state index is -3.32. The number of imidazole rings is 1. The lowest BCUT2D eigenvalue weighted by Crippen LogP contribution is -2.10. The van der Waals surface area contributed by atoms with Gasteiger partial charge in [-0.05, 0) is 6.07 Å². The molecule has 4 nitrogen and oxygen atoms in total. The Morgan fingerprint density at radius 1 is 1.31 bits per heavy atom. The van der Waals surface area contributed by atoms with Gasteiger partial charge in [-0.2, -0.15) is 0 Å². The van der Waals surface area contributed by atoms with Crippen molar-refractivity contribution in [3.8, 4) is 11.4 Å². The first-order valence-corrected chi connectivity index (χ1v) is 7.13. The molecule has 0 unspecified atom stereocenters. The Kier molecular flexibility index (Phi) is 2.86. The van der Waals surface area contributed by atoms with E-state index in [9.17, 15) is 8.42 Å². The normalized spacial score (nSPS) is 11.6. The van der Waals surface area contributed by atoms with Gasteiger partial charge in [0.25, 0.3) is 0 Å². The van der Waals surface area contributed by atoms with Crippen LogP contribution in [0.3, 0.4) is 0 Å². The summed E-state index contributed by atoms with van der Waals surface area (Å²) in [6.07, 6.45) is 4.05. The molecule has 6 heteroatoms. The second kappa shape index (κ2) is 4.03. The van der Waals surface area contributed by atoms with Crippen LogP contribution in [-0.4, -0.2) is 23.6 Å². The number of hydrogen-bond acceptors (Lipinski definition) is 3. The van der Waals surface area contributed by atoms with E-state index in [1.54, 1.807) is 0 Å². The van der Waals surface area contributed by atoms with E-state index in [0.29, 0.717) is 5.82 Å². The molecular weight excluding hydrogens is 292 g/mol. The van der Waals surface area contributed by atoms with Gasteiger partial charge in [0, 0.05) is 22.4 Å². The van der Waals surface area contributed by atoms with E-state index in [1.807, 2.05) is 24.3 Å². The molecule has 1 heterocycles.